The van der Waals surface area contributed by atoms with Crippen molar-refractivity contribution in [3.8, 4) is 6.08 Å². The number of carbonyl (C=O) groups is 1. The topological polar surface area (TPSA) is 103 Å². The molecule has 3 atom stereocenters. The molecule has 2 N–H and O–H groups in total. The summed E-state index contributed by atoms with van der Waals surface area (Å²) in [5.41, 5.74) is 1.39. The first kappa shape index (κ1) is 24.3. The molecule has 3 aromatic rings. The summed E-state index contributed by atoms with van der Waals surface area (Å²) in [6.07, 6.45) is 0.123. The molecule has 1 amide bonds. The van der Waals surface area contributed by atoms with Crippen LogP contribution in [0.3, 0.4) is 0 Å². The number of aromatic nitrogens is 3. The third-order valence-corrected chi connectivity index (χ3v) is 5.83. The molecule has 3 aromatic heterocycles. The van der Waals surface area contributed by atoms with Crippen LogP contribution >= 0.6 is 11.6 Å². The van der Waals surface area contributed by atoms with Gasteiger partial charge in [0.2, 0.25) is 5.89 Å². The largest absolute Gasteiger partial charge is 0.522 e. The van der Waals surface area contributed by atoms with Gasteiger partial charge in [0.1, 0.15) is 6.61 Å². The van der Waals surface area contributed by atoms with Crippen molar-refractivity contribution in [1.82, 2.24) is 25.2 Å². The Morgan fingerprint density at radius 2 is 2.18 bits per heavy atom. The molecule has 184 valence electrons. The van der Waals surface area contributed by atoms with Crippen LogP contribution in [0.4, 0.5) is 13.2 Å². The van der Waals surface area contributed by atoms with Gasteiger partial charge in [-0.25, -0.2) is 0 Å². The lowest BCUT2D eigenvalue weighted by atomic mass is 9.91. The van der Waals surface area contributed by atoms with E-state index in [1.165, 1.54) is 0 Å². The van der Waals surface area contributed by atoms with E-state index in [4.69, 9.17) is 20.8 Å². The van der Waals surface area contributed by atoms with Gasteiger partial charge in [0, 0.05) is 41.6 Å². The zero-order valence-corrected chi connectivity index (χ0v) is 18.9. The normalized spacial score (nSPS) is 19.8. The fourth-order valence-electron chi connectivity index (χ4n) is 3.82. The number of pyridine rings is 1. The molecule has 0 bridgehead atoms. The summed E-state index contributed by atoms with van der Waals surface area (Å²) in [5.74, 6) is -0.00773. The van der Waals surface area contributed by atoms with E-state index in [1.54, 1.807) is 30.6 Å². The Labute approximate surface area is 197 Å². The second-order valence-electron chi connectivity index (χ2n) is 8.01. The molecule has 4 rings (SSSR count). The zero-order chi connectivity index (χ0) is 24.3. The second-order valence-corrected chi connectivity index (χ2v) is 8.44. The number of amides is 1. The number of halogens is 4. The maximum absolute atomic E-state index is 12.7. The SMILES string of the molecule is C[C@H](c1nnc(OCCOC(F)(F)F)o1)C1CC[C@H](NC(=O)c2cc3cc(Cl)ccn3c2)CN1. The standard InChI is InChI=1S/C21H23ClF3N5O4/c1-12(19-28-29-20(34-19)32-6-7-33-21(23,24)25)17-3-2-15(10-26-17)27-18(31)13-8-16-9-14(22)4-5-30(16)11-13/h4-5,8-9,11-12,15,17,26H,2-3,6-7,10H2,1H3,(H,27,31)/t12-,15-,17?/m0/s1. The van der Waals surface area contributed by atoms with Crippen molar-refractivity contribution in [3.63, 3.8) is 0 Å². The maximum atomic E-state index is 12.7. The summed E-state index contributed by atoms with van der Waals surface area (Å²) in [4.78, 5) is 12.7. The Bertz CT molecular complexity index is 1130. The number of nitrogens with one attached hydrogen (secondary N) is 2. The summed E-state index contributed by atoms with van der Waals surface area (Å²) >= 11 is 6.00. The molecule has 34 heavy (non-hydrogen) atoms. The molecule has 0 aromatic carbocycles. The van der Waals surface area contributed by atoms with E-state index >= 15 is 0 Å². The van der Waals surface area contributed by atoms with Crippen LogP contribution in [0.2, 0.25) is 5.02 Å². The lowest BCUT2D eigenvalue weighted by molar-refractivity contribution is -0.325. The molecule has 0 saturated carbocycles. The van der Waals surface area contributed by atoms with Crippen LogP contribution in [-0.2, 0) is 4.74 Å². The summed E-state index contributed by atoms with van der Waals surface area (Å²) in [6, 6.07) is 5.31. The lowest BCUT2D eigenvalue weighted by Crippen LogP contribution is -2.50. The molecule has 0 aliphatic carbocycles. The van der Waals surface area contributed by atoms with E-state index in [0.29, 0.717) is 23.0 Å². The monoisotopic (exact) mass is 501 g/mol. The van der Waals surface area contributed by atoms with Gasteiger partial charge in [-0.05, 0) is 31.0 Å². The van der Waals surface area contributed by atoms with Gasteiger partial charge in [-0.2, -0.15) is 0 Å². The van der Waals surface area contributed by atoms with Gasteiger partial charge in [-0.1, -0.05) is 23.6 Å². The molecule has 0 radical (unpaired) electrons. The van der Waals surface area contributed by atoms with Gasteiger partial charge in [0.25, 0.3) is 5.91 Å². The van der Waals surface area contributed by atoms with Gasteiger partial charge >= 0.3 is 12.4 Å². The third-order valence-electron chi connectivity index (χ3n) is 5.60. The average Bonchev–Trinajstić information content (AvgIpc) is 3.43. The number of carbonyl (C=O) groups excluding carboxylic acids is 1. The van der Waals surface area contributed by atoms with E-state index in [2.05, 4.69) is 25.6 Å². The quantitative estimate of drug-likeness (QED) is 0.455. The van der Waals surface area contributed by atoms with Gasteiger partial charge in [0.05, 0.1) is 18.1 Å². The molecule has 1 aliphatic rings. The number of nitrogens with zero attached hydrogens (tertiary/aromatic N) is 3. The number of ether oxygens (including phenoxy) is 2. The first-order valence-electron chi connectivity index (χ1n) is 10.7. The molecular weight excluding hydrogens is 479 g/mol. The van der Waals surface area contributed by atoms with Crippen LogP contribution in [-0.4, -0.2) is 58.7 Å². The van der Waals surface area contributed by atoms with Crippen molar-refractivity contribution in [1.29, 1.82) is 0 Å². The molecule has 1 unspecified atom stereocenters. The summed E-state index contributed by atoms with van der Waals surface area (Å²) in [7, 11) is 0. The van der Waals surface area contributed by atoms with Crippen molar-refractivity contribution in [2.24, 2.45) is 0 Å². The van der Waals surface area contributed by atoms with Crippen LogP contribution in [0.1, 0.15) is 41.9 Å². The van der Waals surface area contributed by atoms with E-state index in [0.717, 1.165) is 18.4 Å². The van der Waals surface area contributed by atoms with Crippen molar-refractivity contribution in [3.05, 3.63) is 47.1 Å². The molecule has 1 saturated heterocycles. The highest BCUT2D eigenvalue weighted by molar-refractivity contribution is 6.30. The smallest absolute Gasteiger partial charge is 0.447 e. The predicted molar refractivity (Wildman–Crippen MR) is 115 cm³/mol. The first-order chi connectivity index (χ1) is 16.2. The fourth-order valence-corrected chi connectivity index (χ4v) is 3.99. The van der Waals surface area contributed by atoms with Gasteiger partial charge < -0.3 is 24.2 Å². The Morgan fingerprint density at radius 3 is 2.91 bits per heavy atom. The van der Waals surface area contributed by atoms with Crippen LogP contribution in [0.5, 0.6) is 6.08 Å². The molecule has 0 spiro atoms. The average molecular weight is 502 g/mol. The van der Waals surface area contributed by atoms with Crippen molar-refractivity contribution in [2.75, 3.05) is 19.8 Å². The van der Waals surface area contributed by atoms with Crippen LogP contribution < -0.4 is 15.4 Å². The van der Waals surface area contributed by atoms with Gasteiger partial charge in [0.15, 0.2) is 0 Å². The van der Waals surface area contributed by atoms with E-state index in [1.807, 2.05) is 11.3 Å². The zero-order valence-electron chi connectivity index (χ0n) is 18.1. The minimum atomic E-state index is -4.72. The number of hydrogen-bond acceptors (Lipinski definition) is 7. The Kier molecular flexibility index (Phi) is 7.29. The highest BCUT2D eigenvalue weighted by Crippen LogP contribution is 2.26. The van der Waals surface area contributed by atoms with Crippen LogP contribution in [0.25, 0.3) is 5.52 Å². The van der Waals surface area contributed by atoms with E-state index in [9.17, 15) is 18.0 Å². The van der Waals surface area contributed by atoms with Crippen LogP contribution in [0.15, 0.2) is 35.0 Å². The molecular formula is C21H23ClF3N5O4. The Hall–Kier alpha value is -2.83. The third kappa shape index (κ3) is 6.19. The second kappa shape index (κ2) is 10.2. The van der Waals surface area contributed by atoms with Crippen molar-refractivity contribution in [2.45, 2.75) is 44.1 Å². The van der Waals surface area contributed by atoms with Crippen LogP contribution in [0, 0.1) is 0 Å². The fraction of sp³-hybridized carbons (Fsp3) is 0.476. The lowest BCUT2D eigenvalue weighted by Gasteiger charge is -2.32. The van der Waals surface area contributed by atoms with Gasteiger partial charge in [-0.3, -0.25) is 9.53 Å². The minimum absolute atomic E-state index is 0.0224. The Morgan fingerprint density at radius 1 is 1.35 bits per heavy atom. The van der Waals surface area contributed by atoms with E-state index < -0.39 is 13.0 Å². The predicted octanol–water partition coefficient (Wildman–Crippen LogP) is 3.55. The molecule has 1 fully saturated rings. The molecule has 13 heteroatoms. The highest BCUT2D eigenvalue weighted by atomic mass is 35.5. The number of piperidine rings is 1. The maximum Gasteiger partial charge on any atom is 0.522 e. The minimum Gasteiger partial charge on any atom is -0.447 e. The molecule has 1 aliphatic heterocycles. The van der Waals surface area contributed by atoms with Crippen molar-refractivity contribution < 1.29 is 31.9 Å². The van der Waals surface area contributed by atoms with Crippen molar-refractivity contribution >= 4 is 23.0 Å². The Balaban J connectivity index is 1.24. The summed E-state index contributed by atoms with van der Waals surface area (Å²) in [6.45, 7) is 1.41. The number of alkyl halides is 3. The van der Waals surface area contributed by atoms with E-state index in [-0.39, 0.29) is 36.6 Å². The number of rotatable bonds is 8. The summed E-state index contributed by atoms with van der Waals surface area (Å²) in [5, 5.41) is 14.7. The first-order valence-corrected chi connectivity index (χ1v) is 11.0. The highest BCUT2D eigenvalue weighted by Gasteiger charge is 2.30. The summed E-state index contributed by atoms with van der Waals surface area (Å²) < 4.78 is 51.8. The molecule has 9 nitrogen and oxygen atoms in total. The number of fused-ring (bicyclic) bond motifs is 1. The van der Waals surface area contributed by atoms with Gasteiger partial charge in [-0.15, -0.1) is 18.3 Å². The number of hydrogen-bond donors (Lipinski definition) is 2. The molecule has 4 heterocycles.